The zero-order chi connectivity index (χ0) is 19.0. The Hall–Kier alpha value is -2.31. The molecule has 6 heteroatoms. The number of ether oxygens (including phenoxy) is 1. The van der Waals surface area contributed by atoms with Crippen LogP contribution in [0.2, 0.25) is 0 Å². The monoisotopic (exact) mass is 382 g/mol. The average Bonchev–Trinajstić information content (AvgIpc) is 2.95. The molecule has 2 aliphatic rings. The normalized spacial score (nSPS) is 26.6. The highest BCUT2D eigenvalue weighted by atomic mass is 32.2. The molecule has 0 aromatic heterocycles. The van der Waals surface area contributed by atoms with Gasteiger partial charge in [-0.3, -0.25) is 4.79 Å². The molecule has 0 radical (unpaired) electrons. The Morgan fingerprint density at radius 2 is 1.74 bits per heavy atom. The Morgan fingerprint density at radius 1 is 1.19 bits per heavy atom. The van der Waals surface area contributed by atoms with Gasteiger partial charge in [0.15, 0.2) is 6.10 Å². The lowest BCUT2D eigenvalue weighted by molar-refractivity contribution is -0.164. The van der Waals surface area contributed by atoms with Crippen molar-refractivity contribution >= 4 is 23.6 Å². The lowest BCUT2D eigenvalue weighted by Gasteiger charge is -2.38. The Kier molecular flexibility index (Phi) is 4.70. The maximum atomic E-state index is 13.2. The smallest absolute Gasteiger partial charge is 0.331 e. The minimum Gasteiger partial charge on any atom is -0.451 e. The maximum absolute atomic E-state index is 13.2. The molecule has 2 aromatic carbocycles. The van der Waals surface area contributed by atoms with Crippen LogP contribution in [0.3, 0.4) is 0 Å². The van der Waals surface area contributed by atoms with E-state index in [1.165, 1.54) is 0 Å². The Bertz CT molecular complexity index is 806. The lowest BCUT2D eigenvalue weighted by atomic mass is 9.96. The topological polar surface area (TPSA) is 72.6 Å². The van der Waals surface area contributed by atoms with E-state index >= 15 is 0 Å². The number of nitrogens with two attached hydrogens (primary N) is 1. The molecule has 4 rings (SSSR count). The fourth-order valence-electron chi connectivity index (χ4n) is 3.77. The van der Waals surface area contributed by atoms with Crippen LogP contribution >= 0.6 is 11.8 Å². The standard InChI is InChI=1S/C21H22N2O3S/c1-21(13-22)19(23-16(24)12-17(23)27-21)20(25)26-18(14-8-4-2-5-9-14)15-10-6-3-7-11-15/h2-11,17-19H,12-13,22H2,1H3/t17-,19?,21?/m0/s1. The van der Waals surface area contributed by atoms with Crippen molar-refractivity contribution < 1.29 is 14.3 Å². The van der Waals surface area contributed by atoms with Crippen LogP contribution in [0.1, 0.15) is 30.6 Å². The van der Waals surface area contributed by atoms with Crippen LogP contribution in [0, 0.1) is 0 Å². The number of β-lactam (4-membered cyclic amide) rings is 1. The van der Waals surface area contributed by atoms with Crippen molar-refractivity contribution in [3.63, 3.8) is 0 Å². The first kappa shape index (κ1) is 18.1. The third-order valence-electron chi connectivity index (χ3n) is 5.28. The number of amides is 1. The summed E-state index contributed by atoms with van der Waals surface area (Å²) in [6.07, 6.45) is -0.0625. The highest BCUT2D eigenvalue weighted by Crippen LogP contribution is 2.51. The van der Waals surface area contributed by atoms with Crippen molar-refractivity contribution in [1.29, 1.82) is 0 Å². The molecule has 2 aliphatic heterocycles. The van der Waals surface area contributed by atoms with Crippen LogP contribution in [0.25, 0.3) is 0 Å². The van der Waals surface area contributed by atoms with Gasteiger partial charge in [0.1, 0.15) is 6.04 Å². The van der Waals surface area contributed by atoms with E-state index in [1.807, 2.05) is 67.6 Å². The van der Waals surface area contributed by atoms with Crippen LogP contribution in [-0.4, -0.2) is 39.5 Å². The summed E-state index contributed by atoms with van der Waals surface area (Å²) in [6, 6.07) is 18.6. The molecule has 0 aliphatic carbocycles. The Labute approximate surface area is 162 Å². The molecule has 27 heavy (non-hydrogen) atoms. The summed E-state index contributed by atoms with van der Waals surface area (Å²) >= 11 is 1.60. The number of hydrogen-bond acceptors (Lipinski definition) is 5. The molecule has 1 amide bonds. The Morgan fingerprint density at radius 3 is 2.22 bits per heavy atom. The number of rotatable bonds is 5. The molecule has 0 saturated carbocycles. The molecule has 0 spiro atoms. The van der Waals surface area contributed by atoms with Gasteiger partial charge < -0.3 is 15.4 Å². The number of carbonyl (C=O) groups excluding carboxylic acids is 2. The summed E-state index contributed by atoms with van der Waals surface area (Å²) in [5.41, 5.74) is 7.76. The molecule has 2 unspecified atom stereocenters. The first-order valence-corrected chi connectivity index (χ1v) is 9.91. The zero-order valence-electron chi connectivity index (χ0n) is 15.1. The zero-order valence-corrected chi connectivity index (χ0v) is 15.9. The largest absolute Gasteiger partial charge is 0.451 e. The van der Waals surface area contributed by atoms with Crippen molar-refractivity contribution in [3.8, 4) is 0 Å². The van der Waals surface area contributed by atoms with E-state index < -0.39 is 22.9 Å². The van der Waals surface area contributed by atoms with Gasteiger partial charge in [0.25, 0.3) is 0 Å². The number of carbonyl (C=O) groups is 2. The van der Waals surface area contributed by atoms with E-state index in [1.54, 1.807) is 16.7 Å². The van der Waals surface area contributed by atoms with Crippen LogP contribution in [0.4, 0.5) is 0 Å². The van der Waals surface area contributed by atoms with E-state index in [2.05, 4.69) is 0 Å². The minimum atomic E-state index is -0.659. The first-order chi connectivity index (χ1) is 13.0. The number of hydrogen-bond donors (Lipinski definition) is 1. The van der Waals surface area contributed by atoms with E-state index in [4.69, 9.17) is 10.5 Å². The van der Waals surface area contributed by atoms with Gasteiger partial charge >= 0.3 is 5.97 Å². The predicted molar refractivity (Wildman–Crippen MR) is 105 cm³/mol. The fourth-order valence-corrected chi connectivity index (χ4v) is 5.40. The van der Waals surface area contributed by atoms with Crippen molar-refractivity contribution in [3.05, 3.63) is 71.8 Å². The van der Waals surface area contributed by atoms with Crippen LogP contribution in [0.5, 0.6) is 0 Å². The molecule has 2 heterocycles. The Balaban J connectivity index is 1.65. The SMILES string of the molecule is CC1(CN)S[C@H]2CC(=O)N2C1C(=O)OC(c1ccccc1)c1ccccc1. The third-order valence-corrected chi connectivity index (χ3v) is 6.87. The second-order valence-electron chi connectivity index (χ2n) is 7.14. The van der Waals surface area contributed by atoms with E-state index in [0.29, 0.717) is 13.0 Å². The van der Waals surface area contributed by atoms with E-state index in [-0.39, 0.29) is 11.3 Å². The van der Waals surface area contributed by atoms with E-state index in [9.17, 15) is 9.59 Å². The summed E-state index contributed by atoms with van der Waals surface area (Å²) in [5, 5.41) is 0.0236. The van der Waals surface area contributed by atoms with Crippen LogP contribution in [0.15, 0.2) is 60.7 Å². The number of fused-ring (bicyclic) bond motifs is 1. The van der Waals surface area contributed by atoms with Crippen molar-refractivity contribution in [2.75, 3.05) is 6.54 Å². The molecular formula is C21H22N2O3S. The number of thioether (sulfide) groups is 1. The molecule has 140 valence electrons. The molecule has 0 bridgehead atoms. The van der Waals surface area contributed by atoms with Gasteiger partial charge in [-0.05, 0) is 18.1 Å². The second kappa shape index (κ2) is 7.02. The molecule has 2 aromatic rings. The fraction of sp³-hybridized carbons (Fsp3) is 0.333. The van der Waals surface area contributed by atoms with Gasteiger partial charge in [-0.2, -0.15) is 0 Å². The number of benzene rings is 2. The molecule has 2 N–H and O–H groups in total. The summed E-state index contributed by atoms with van der Waals surface area (Å²) in [7, 11) is 0. The second-order valence-corrected chi connectivity index (χ2v) is 8.85. The third kappa shape index (κ3) is 3.13. The molecule has 2 fully saturated rings. The summed E-state index contributed by atoms with van der Waals surface area (Å²) in [4.78, 5) is 27.0. The molecular weight excluding hydrogens is 360 g/mol. The highest BCUT2D eigenvalue weighted by molar-refractivity contribution is 8.01. The van der Waals surface area contributed by atoms with Crippen molar-refractivity contribution in [2.45, 2.75) is 35.6 Å². The van der Waals surface area contributed by atoms with Crippen LogP contribution in [-0.2, 0) is 14.3 Å². The van der Waals surface area contributed by atoms with Crippen molar-refractivity contribution in [1.82, 2.24) is 4.90 Å². The quantitative estimate of drug-likeness (QED) is 0.636. The number of esters is 1. The van der Waals surface area contributed by atoms with Gasteiger partial charge in [0.2, 0.25) is 5.91 Å². The lowest BCUT2D eigenvalue weighted by Crippen LogP contribution is -2.59. The predicted octanol–water partition coefficient (Wildman–Crippen LogP) is 2.71. The molecule has 3 atom stereocenters. The first-order valence-electron chi connectivity index (χ1n) is 9.03. The highest BCUT2D eigenvalue weighted by Gasteiger charge is 2.60. The van der Waals surface area contributed by atoms with Crippen LogP contribution < -0.4 is 5.73 Å². The summed E-state index contributed by atoms with van der Waals surface area (Å²) < 4.78 is 5.47. The van der Waals surface area contributed by atoms with E-state index in [0.717, 1.165) is 11.1 Å². The van der Waals surface area contributed by atoms with Gasteiger partial charge in [0.05, 0.1) is 16.5 Å². The van der Waals surface area contributed by atoms with Crippen molar-refractivity contribution in [2.24, 2.45) is 5.73 Å². The average molecular weight is 382 g/mol. The van der Waals surface area contributed by atoms with Gasteiger partial charge in [-0.15, -0.1) is 11.8 Å². The van der Waals surface area contributed by atoms with Gasteiger partial charge in [-0.25, -0.2) is 4.79 Å². The van der Waals surface area contributed by atoms with Gasteiger partial charge in [0, 0.05) is 6.54 Å². The number of nitrogens with zero attached hydrogens (tertiary/aromatic N) is 1. The minimum absolute atomic E-state index is 0.0115. The maximum Gasteiger partial charge on any atom is 0.331 e. The van der Waals surface area contributed by atoms with Gasteiger partial charge in [-0.1, -0.05) is 60.7 Å². The summed E-state index contributed by atoms with van der Waals surface area (Å²) in [5.74, 6) is -0.411. The molecule has 5 nitrogen and oxygen atoms in total. The molecule has 2 saturated heterocycles. The summed E-state index contributed by atoms with van der Waals surface area (Å²) in [6.45, 7) is 2.24.